The maximum atomic E-state index is 5.33. The first-order valence-electron chi connectivity index (χ1n) is 5.55. The monoisotopic (exact) mass is 207 g/mol. The van der Waals surface area contributed by atoms with Crippen LogP contribution in [0.1, 0.15) is 24.5 Å². The molecule has 2 rings (SSSR count). The fraction of sp³-hybridized carbons (Fsp3) is 0.583. The van der Waals surface area contributed by atoms with Crippen molar-refractivity contribution in [2.75, 3.05) is 27.2 Å². The first kappa shape index (κ1) is 10.4. The van der Waals surface area contributed by atoms with Gasteiger partial charge in [0.05, 0.1) is 5.92 Å². The molecular formula is C12H19N2O+. The summed E-state index contributed by atoms with van der Waals surface area (Å²) in [6, 6.07) is 6.25. The standard InChI is InChI=1S/C12H19N2O/c1-13-9-6-11(7-10-13)12-5-3-4-8-14(12)15-2/h3-5,8,11H,6-7,9-10H2,1-2H3/q+1. The Morgan fingerprint density at radius 2 is 2.07 bits per heavy atom. The molecule has 1 aromatic rings. The first-order valence-corrected chi connectivity index (χ1v) is 5.55. The molecule has 3 heteroatoms. The predicted molar refractivity (Wildman–Crippen MR) is 58.6 cm³/mol. The van der Waals surface area contributed by atoms with Crippen molar-refractivity contribution in [3.63, 3.8) is 0 Å². The summed E-state index contributed by atoms with van der Waals surface area (Å²) >= 11 is 0. The Hall–Kier alpha value is -1.09. The van der Waals surface area contributed by atoms with Gasteiger partial charge in [-0.1, -0.05) is 0 Å². The molecule has 1 aliphatic rings. The quantitative estimate of drug-likeness (QED) is 0.668. The minimum absolute atomic E-state index is 0.641. The average Bonchev–Trinajstić information content (AvgIpc) is 2.30. The van der Waals surface area contributed by atoms with Crippen LogP contribution >= 0.6 is 0 Å². The number of pyridine rings is 1. The van der Waals surface area contributed by atoms with Gasteiger partial charge in [-0.15, -0.1) is 0 Å². The Balaban J connectivity index is 2.15. The van der Waals surface area contributed by atoms with Crippen LogP contribution in [0, 0.1) is 0 Å². The number of piperidine rings is 1. The van der Waals surface area contributed by atoms with E-state index in [0.717, 1.165) is 0 Å². The van der Waals surface area contributed by atoms with E-state index in [1.807, 2.05) is 17.0 Å². The van der Waals surface area contributed by atoms with Crippen LogP contribution in [-0.4, -0.2) is 32.1 Å². The minimum Gasteiger partial charge on any atom is -0.306 e. The Kier molecular flexibility index (Phi) is 3.21. The molecule has 0 radical (unpaired) electrons. The molecule has 0 bridgehead atoms. The molecule has 0 atom stereocenters. The second-order valence-corrected chi connectivity index (χ2v) is 4.21. The third kappa shape index (κ3) is 2.29. The van der Waals surface area contributed by atoms with Crippen molar-refractivity contribution >= 4 is 0 Å². The number of hydrogen-bond donors (Lipinski definition) is 0. The highest BCUT2D eigenvalue weighted by Crippen LogP contribution is 2.24. The molecule has 0 spiro atoms. The summed E-state index contributed by atoms with van der Waals surface area (Å²) in [5, 5.41) is 0. The van der Waals surface area contributed by atoms with Crippen molar-refractivity contribution in [2.24, 2.45) is 0 Å². The SMILES string of the molecule is CO[n+]1ccccc1C1CCN(C)CC1. The van der Waals surface area contributed by atoms with Gasteiger partial charge in [-0.05, 0) is 39.0 Å². The predicted octanol–water partition coefficient (Wildman–Crippen LogP) is 0.842. The summed E-state index contributed by atoms with van der Waals surface area (Å²) in [4.78, 5) is 7.71. The van der Waals surface area contributed by atoms with Crippen LogP contribution in [0.5, 0.6) is 0 Å². The first-order chi connectivity index (χ1) is 7.31. The Bertz CT molecular complexity index is 319. The molecule has 1 fully saturated rings. The van der Waals surface area contributed by atoms with Crippen LogP contribution in [0.25, 0.3) is 0 Å². The van der Waals surface area contributed by atoms with Crippen molar-refractivity contribution in [3.8, 4) is 0 Å². The van der Waals surface area contributed by atoms with E-state index >= 15 is 0 Å². The summed E-state index contributed by atoms with van der Waals surface area (Å²) < 4.78 is 1.88. The zero-order valence-electron chi connectivity index (χ0n) is 9.52. The summed E-state index contributed by atoms with van der Waals surface area (Å²) in [6.07, 6.45) is 4.43. The van der Waals surface area contributed by atoms with E-state index in [1.54, 1.807) is 7.11 Å². The molecule has 0 aromatic carbocycles. The van der Waals surface area contributed by atoms with Crippen LogP contribution < -0.4 is 9.57 Å². The topological polar surface area (TPSA) is 16.4 Å². The lowest BCUT2D eigenvalue weighted by Crippen LogP contribution is -2.46. The fourth-order valence-electron chi connectivity index (χ4n) is 2.23. The lowest BCUT2D eigenvalue weighted by molar-refractivity contribution is -0.891. The highest BCUT2D eigenvalue weighted by Gasteiger charge is 2.26. The Labute approximate surface area is 91.2 Å². The second-order valence-electron chi connectivity index (χ2n) is 4.21. The maximum Gasteiger partial charge on any atom is 0.237 e. The van der Waals surface area contributed by atoms with Gasteiger partial charge < -0.3 is 4.90 Å². The van der Waals surface area contributed by atoms with E-state index in [4.69, 9.17) is 4.84 Å². The Morgan fingerprint density at radius 3 is 2.73 bits per heavy atom. The van der Waals surface area contributed by atoms with Crippen LogP contribution in [0.3, 0.4) is 0 Å². The zero-order valence-corrected chi connectivity index (χ0v) is 9.52. The summed E-state index contributed by atoms with van der Waals surface area (Å²) in [5.41, 5.74) is 1.30. The van der Waals surface area contributed by atoms with E-state index in [0.29, 0.717) is 5.92 Å². The summed E-state index contributed by atoms with van der Waals surface area (Å²) in [6.45, 7) is 2.37. The molecule has 1 aliphatic heterocycles. The number of likely N-dealkylation sites (tertiary alicyclic amines) is 1. The molecule has 0 aliphatic carbocycles. The molecule has 0 unspecified atom stereocenters. The molecule has 15 heavy (non-hydrogen) atoms. The van der Waals surface area contributed by atoms with Crippen molar-refractivity contribution in [2.45, 2.75) is 18.8 Å². The van der Waals surface area contributed by atoms with Crippen LogP contribution in [-0.2, 0) is 0 Å². The summed E-state index contributed by atoms with van der Waals surface area (Å²) in [5.74, 6) is 0.641. The molecule has 0 N–H and O–H groups in total. The second kappa shape index (κ2) is 4.62. The molecular weight excluding hydrogens is 188 g/mol. The van der Waals surface area contributed by atoms with Crippen molar-refractivity contribution < 1.29 is 9.57 Å². The third-order valence-corrected chi connectivity index (χ3v) is 3.19. The highest BCUT2D eigenvalue weighted by molar-refractivity contribution is 5.04. The van der Waals surface area contributed by atoms with E-state index < -0.39 is 0 Å². The van der Waals surface area contributed by atoms with Crippen LogP contribution in [0.15, 0.2) is 24.4 Å². The van der Waals surface area contributed by atoms with Crippen LogP contribution in [0.4, 0.5) is 0 Å². The number of nitrogens with zero attached hydrogens (tertiary/aromatic N) is 2. The van der Waals surface area contributed by atoms with E-state index in [9.17, 15) is 0 Å². The van der Waals surface area contributed by atoms with Gasteiger partial charge in [-0.25, -0.2) is 0 Å². The van der Waals surface area contributed by atoms with Gasteiger partial charge in [-0.2, -0.15) is 0 Å². The number of rotatable bonds is 2. The Morgan fingerprint density at radius 1 is 1.33 bits per heavy atom. The van der Waals surface area contributed by atoms with Gasteiger partial charge in [0.25, 0.3) is 0 Å². The molecule has 82 valence electrons. The van der Waals surface area contributed by atoms with Gasteiger partial charge in [0.1, 0.15) is 7.11 Å². The van der Waals surface area contributed by atoms with Gasteiger partial charge in [0.2, 0.25) is 11.9 Å². The van der Waals surface area contributed by atoms with Gasteiger partial charge >= 0.3 is 0 Å². The van der Waals surface area contributed by atoms with Gasteiger partial charge in [0.15, 0.2) is 0 Å². The minimum atomic E-state index is 0.641. The molecule has 0 amide bonds. The number of aromatic nitrogens is 1. The molecule has 1 aromatic heterocycles. The normalized spacial score (nSPS) is 19.1. The summed E-state index contributed by atoms with van der Waals surface area (Å²) in [7, 11) is 3.91. The van der Waals surface area contributed by atoms with Crippen LogP contribution in [0.2, 0.25) is 0 Å². The van der Waals surface area contributed by atoms with Crippen molar-refractivity contribution in [1.29, 1.82) is 0 Å². The third-order valence-electron chi connectivity index (χ3n) is 3.19. The lowest BCUT2D eigenvalue weighted by Gasteiger charge is -2.26. The van der Waals surface area contributed by atoms with E-state index in [1.165, 1.54) is 31.6 Å². The van der Waals surface area contributed by atoms with Crippen molar-refractivity contribution in [3.05, 3.63) is 30.1 Å². The molecule has 2 heterocycles. The molecule has 1 saturated heterocycles. The van der Waals surface area contributed by atoms with E-state index in [2.05, 4.69) is 24.1 Å². The molecule has 0 saturated carbocycles. The highest BCUT2D eigenvalue weighted by atomic mass is 16.6. The smallest absolute Gasteiger partial charge is 0.237 e. The van der Waals surface area contributed by atoms with Gasteiger partial charge in [0, 0.05) is 16.9 Å². The molecule has 3 nitrogen and oxygen atoms in total. The van der Waals surface area contributed by atoms with Crippen molar-refractivity contribution in [1.82, 2.24) is 4.90 Å². The maximum absolute atomic E-state index is 5.33. The fourth-order valence-corrected chi connectivity index (χ4v) is 2.23. The number of hydrogen-bond acceptors (Lipinski definition) is 2. The zero-order chi connectivity index (χ0) is 10.7. The van der Waals surface area contributed by atoms with Gasteiger partial charge in [-0.3, -0.25) is 4.84 Å². The largest absolute Gasteiger partial charge is 0.306 e. The lowest BCUT2D eigenvalue weighted by atomic mass is 9.93. The average molecular weight is 207 g/mol. The van der Waals surface area contributed by atoms with E-state index in [-0.39, 0.29) is 0 Å².